The van der Waals surface area contributed by atoms with Gasteiger partial charge in [-0.1, -0.05) is 48.5 Å². The fraction of sp³-hybridized carbons (Fsp3) is 0. The molecular weight excluding hydrogens is 318 g/mol. The topological polar surface area (TPSA) is 93.1 Å². The Balaban J connectivity index is 1.96. The Morgan fingerprint density at radius 2 is 1.75 bits per heavy atom. The first kappa shape index (κ1) is 14.5. The van der Waals surface area contributed by atoms with Crippen LogP contribution >= 0.6 is 11.3 Å². The molecule has 0 fully saturated rings. The molecular formula is C18H15N5S. The van der Waals surface area contributed by atoms with Crippen LogP contribution in [0.3, 0.4) is 0 Å². The number of fused-ring (bicyclic) bond motifs is 1. The van der Waals surface area contributed by atoms with Crippen molar-refractivity contribution in [2.75, 3.05) is 0 Å². The van der Waals surface area contributed by atoms with Gasteiger partial charge in [0.05, 0.1) is 11.4 Å². The SMILES string of the molecule is NC(N)=Nc1nc(-c2c(-c3ccccc3)[nH]c3ccccc23)cs1. The van der Waals surface area contributed by atoms with Crippen LogP contribution in [0.2, 0.25) is 0 Å². The maximum absolute atomic E-state index is 5.45. The number of aromatic nitrogens is 2. The van der Waals surface area contributed by atoms with Gasteiger partial charge in [0.1, 0.15) is 0 Å². The summed E-state index contributed by atoms with van der Waals surface area (Å²) in [5.74, 6) is 0.0121. The normalized spacial score (nSPS) is 10.8. The number of nitrogens with two attached hydrogens (primary N) is 2. The van der Waals surface area contributed by atoms with Gasteiger partial charge in [-0.15, -0.1) is 11.3 Å². The second kappa shape index (κ2) is 5.82. The van der Waals surface area contributed by atoms with E-state index >= 15 is 0 Å². The van der Waals surface area contributed by atoms with E-state index in [0.29, 0.717) is 5.13 Å². The Labute approximate surface area is 142 Å². The zero-order valence-corrected chi connectivity index (χ0v) is 13.5. The number of nitrogens with zero attached hydrogens (tertiary/aromatic N) is 2. The van der Waals surface area contributed by atoms with Gasteiger partial charge in [-0.25, -0.2) is 4.98 Å². The molecule has 2 aromatic carbocycles. The predicted octanol–water partition coefficient (Wildman–Crippen LogP) is 3.86. The quantitative estimate of drug-likeness (QED) is 0.392. The minimum absolute atomic E-state index is 0.0121. The summed E-state index contributed by atoms with van der Waals surface area (Å²) in [5, 5.41) is 3.65. The molecule has 4 rings (SSSR count). The molecule has 5 N–H and O–H groups in total. The van der Waals surface area contributed by atoms with E-state index in [1.807, 2.05) is 35.7 Å². The lowest BCUT2D eigenvalue weighted by molar-refractivity contribution is 1.33. The molecule has 0 amide bonds. The third-order valence-electron chi connectivity index (χ3n) is 3.74. The van der Waals surface area contributed by atoms with Crippen LogP contribution in [0.15, 0.2) is 65.0 Å². The zero-order valence-electron chi connectivity index (χ0n) is 12.7. The first-order chi connectivity index (χ1) is 11.7. The van der Waals surface area contributed by atoms with Crippen LogP contribution in [-0.4, -0.2) is 15.9 Å². The summed E-state index contributed by atoms with van der Waals surface area (Å²) in [4.78, 5) is 12.1. The van der Waals surface area contributed by atoms with Gasteiger partial charge in [0.2, 0.25) is 5.13 Å². The van der Waals surface area contributed by atoms with Crippen LogP contribution in [0.5, 0.6) is 0 Å². The monoisotopic (exact) mass is 333 g/mol. The number of para-hydroxylation sites is 1. The van der Waals surface area contributed by atoms with Gasteiger partial charge in [-0.05, 0) is 11.6 Å². The minimum Gasteiger partial charge on any atom is -0.370 e. The zero-order chi connectivity index (χ0) is 16.5. The summed E-state index contributed by atoms with van der Waals surface area (Å²) in [5.41, 5.74) is 16.0. The third kappa shape index (κ3) is 2.53. The third-order valence-corrected chi connectivity index (χ3v) is 4.48. The van der Waals surface area contributed by atoms with Crippen LogP contribution in [0, 0.1) is 0 Å². The Bertz CT molecular complexity index is 1030. The maximum Gasteiger partial charge on any atom is 0.212 e. The highest BCUT2D eigenvalue weighted by Crippen LogP contribution is 2.39. The number of aliphatic imine (C=N–C) groups is 1. The Kier molecular flexibility index (Phi) is 3.51. The Morgan fingerprint density at radius 1 is 1.00 bits per heavy atom. The van der Waals surface area contributed by atoms with Gasteiger partial charge in [0, 0.05) is 21.8 Å². The van der Waals surface area contributed by atoms with Crippen molar-refractivity contribution < 1.29 is 0 Å². The lowest BCUT2D eigenvalue weighted by Gasteiger charge is -2.02. The first-order valence-electron chi connectivity index (χ1n) is 7.44. The second-order valence-corrected chi connectivity index (χ2v) is 6.18. The molecule has 0 radical (unpaired) electrons. The fourth-order valence-electron chi connectivity index (χ4n) is 2.77. The van der Waals surface area contributed by atoms with Crippen molar-refractivity contribution in [2.24, 2.45) is 16.5 Å². The number of guanidine groups is 1. The fourth-order valence-corrected chi connectivity index (χ4v) is 3.47. The number of hydrogen-bond acceptors (Lipinski definition) is 3. The molecule has 0 saturated carbocycles. The van der Waals surface area contributed by atoms with E-state index in [0.717, 1.165) is 33.4 Å². The highest BCUT2D eigenvalue weighted by molar-refractivity contribution is 7.13. The molecule has 0 aliphatic rings. The molecule has 118 valence electrons. The van der Waals surface area contributed by atoms with Gasteiger partial charge in [-0.2, -0.15) is 4.99 Å². The maximum atomic E-state index is 5.45. The number of nitrogens with one attached hydrogen (secondary N) is 1. The predicted molar refractivity (Wildman–Crippen MR) is 100 cm³/mol. The molecule has 2 aromatic heterocycles. The summed E-state index contributed by atoms with van der Waals surface area (Å²) < 4.78 is 0. The summed E-state index contributed by atoms with van der Waals surface area (Å²) in [6.45, 7) is 0. The number of benzene rings is 2. The molecule has 0 bridgehead atoms. The Hall–Kier alpha value is -3.12. The van der Waals surface area contributed by atoms with E-state index in [2.05, 4.69) is 39.2 Å². The van der Waals surface area contributed by atoms with E-state index in [-0.39, 0.29) is 5.96 Å². The van der Waals surface area contributed by atoms with Crippen LogP contribution in [0.25, 0.3) is 33.4 Å². The van der Waals surface area contributed by atoms with Crippen LogP contribution in [-0.2, 0) is 0 Å². The average Bonchev–Trinajstić information content (AvgIpc) is 3.19. The van der Waals surface area contributed by atoms with Crippen molar-refractivity contribution in [3.8, 4) is 22.5 Å². The molecule has 0 saturated heterocycles. The number of hydrogen-bond donors (Lipinski definition) is 3. The van der Waals surface area contributed by atoms with Gasteiger partial charge in [-0.3, -0.25) is 0 Å². The molecule has 5 nitrogen and oxygen atoms in total. The van der Waals surface area contributed by atoms with Crippen LogP contribution in [0.1, 0.15) is 0 Å². The van der Waals surface area contributed by atoms with Crippen molar-refractivity contribution in [1.29, 1.82) is 0 Å². The lowest BCUT2D eigenvalue weighted by atomic mass is 10.0. The van der Waals surface area contributed by atoms with E-state index in [4.69, 9.17) is 11.5 Å². The average molecular weight is 333 g/mol. The van der Waals surface area contributed by atoms with Gasteiger partial charge in [0.25, 0.3) is 0 Å². The standard InChI is InChI=1S/C18H15N5S/c19-17(20)23-18-22-14(10-24-18)15-12-8-4-5-9-13(12)21-16(15)11-6-2-1-3-7-11/h1-10,21H,(H4,19,20,22,23). The van der Waals surface area contributed by atoms with Gasteiger partial charge < -0.3 is 16.5 Å². The van der Waals surface area contributed by atoms with E-state index in [1.54, 1.807) is 0 Å². The van der Waals surface area contributed by atoms with E-state index in [9.17, 15) is 0 Å². The highest BCUT2D eigenvalue weighted by Gasteiger charge is 2.17. The molecule has 0 aliphatic heterocycles. The number of H-pyrrole nitrogens is 1. The van der Waals surface area contributed by atoms with Crippen molar-refractivity contribution >= 4 is 33.3 Å². The van der Waals surface area contributed by atoms with Crippen molar-refractivity contribution in [3.05, 3.63) is 60.0 Å². The smallest absolute Gasteiger partial charge is 0.212 e. The molecule has 6 heteroatoms. The molecule has 0 atom stereocenters. The summed E-state index contributed by atoms with van der Waals surface area (Å²) in [6.07, 6.45) is 0. The summed E-state index contributed by atoms with van der Waals surface area (Å²) in [6, 6.07) is 18.4. The van der Waals surface area contributed by atoms with Gasteiger partial charge >= 0.3 is 0 Å². The summed E-state index contributed by atoms with van der Waals surface area (Å²) >= 11 is 1.42. The van der Waals surface area contributed by atoms with Gasteiger partial charge in [0.15, 0.2) is 5.96 Å². The molecule has 24 heavy (non-hydrogen) atoms. The van der Waals surface area contributed by atoms with Crippen LogP contribution < -0.4 is 11.5 Å². The number of aromatic amines is 1. The number of thiazole rings is 1. The number of rotatable bonds is 3. The largest absolute Gasteiger partial charge is 0.370 e. The van der Waals surface area contributed by atoms with Crippen LogP contribution in [0.4, 0.5) is 5.13 Å². The van der Waals surface area contributed by atoms with E-state index < -0.39 is 0 Å². The molecule has 0 aliphatic carbocycles. The first-order valence-corrected chi connectivity index (χ1v) is 8.32. The Morgan fingerprint density at radius 3 is 2.54 bits per heavy atom. The van der Waals surface area contributed by atoms with Crippen molar-refractivity contribution in [3.63, 3.8) is 0 Å². The molecule has 4 aromatic rings. The van der Waals surface area contributed by atoms with Crippen molar-refractivity contribution in [2.45, 2.75) is 0 Å². The summed E-state index contributed by atoms with van der Waals surface area (Å²) in [7, 11) is 0. The highest BCUT2D eigenvalue weighted by atomic mass is 32.1. The second-order valence-electron chi connectivity index (χ2n) is 5.34. The van der Waals surface area contributed by atoms with E-state index in [1.165, 1.54) is 11.3 Å². The molecule has 0 unspecified atom stereocenters. The molecule has 2 heterocycles. The lowest BCUT2D eigenvalue weighted by Crippen LogP contribution is -2.21. The van der Waals surface area contributed by atoms with Crippen molar-refractivity contribution in [1.82, 2.24) is 9.97 Å². The molecule has 0 spiro atoms. The minimum atomic E-state index is 0.0121.